The summed E-state index contributed by atoms with van der Waals surface area (Å²) in [4.78, 5) is 4.39. The van der Waals surface area contributed by atoms with E-state index in [0.717, 1.165) is 11.1 Å². The Hall–Kier alpha value is -2.84. The molecule has 2 aromatic carbocycles. The molecule has 7 nitrogen and oxygen atoms in total. The highest BCUT2D eigenvalue weighted by Crippen LogP contribution is 2.26. The van der Waals surface area contributed by atoms with Gasteiger partial charge in [-0.05, 0) is 12.1 Å². The lowest BCUT2D eigenvalue weighted by molar-refractivity contribution is 0.391. The van der Waals surface area contributed by atoms with Crippen molar-refractivity contribution in [1.82, 2.24) is 25.0 Å². The molecule has 0 atom stereocenters. The first-order valence-corrected chi connectivity index (χ1v) is 9.04. The molecule has 0 aliphatic carbocycles. The minimum atomic E-state index is 0.435. The van der Waals surface area contributed by atoms with Crippen LogP contribution in [-0.4, -0.2) is 25.0 Å². The Bertz CT molecular complexity index is 1030. The van der Waals surface area contributed by atoms with E-state index in [4.69, 9.17) is 22.0 Å². The van der Waals surface area contributed by atoms with E-state index in [1.165, 1.54) is 16.4 Å². The number of nitrogen functional groups attached to an aromatic ring is 1. The van der Waals surface area contributed by atoms with Gasteiger partial charge in [-0.15, -0.1) is 10.2 Å². The molecular weight excluding hydrogens is 372 g/mol. The molecule has 4 aromatic rings. The number of nitrogens with two attached hydrogens (primary N) is 1. The van der Waals surface area contributed by atoms with Crippen LogP contribution in [-0.2, 0) is 5.75 Å². The maximum Gasteiger partial charge on any atom is 0.237 e. The highest BCUT2D eigenvalue weighted by molar-refractivity contribution is 7.98. The van der Waals surface area contributed by atoms with Crippen molar-refractivity contribution in [2.45, 2.75) is 10.9 Å². The van der Waals surface area contributed by atoms with Crippen LogP contribution in [0.25, 0.3) is 22.8 Å². The molecule has 0 saturated heterocycles. The number of hydrogen-bond acceptors (Lipinski definition) is 7. The smallest absolute Gasteiger partial charge is 0.237 e. The Morgan fingerprint density at radius 1 is 1.04 bits per heavy atom. The zero-order valence-electron chi connectivity index (χ0n) is 13.4. The average Bonchev–Trinajstić information content (AvgIpc) is 3.28. The van der Waals surface area contributed by atoms with Crippen LogP contribution in [0.5, 0.6) is 0 Å². The van der Waals surface area contributed by atoms with E-state index in [0.29, 0.717) is 33.5 Å². The van der Waals surface area contributed by atoms with Crippen LogP contribution in [0.4, 0.5) is 0 Å². The van der Waals surface area contributed by atoms with Gasteiger partial charge in [0.1, 0.15) is 0 Å². The number of halogens is 1. The lowest BCUT2D eigenvalue weighted by Gasteiger charge is -2.03. The van der Waals surface area contributed by atoms with Gasteiger partial charge >= 0.3 is 0 Å². The Balaban J connectivity index is 1.48. The summed E-state index contributed by atoms with van der Waals surface area (Å²) < 4.78 is 6.71. The third kappa shape index (κ3) is 3.42. The molecule has 2 N–H and O–H groups in total. The van der Waals surface area contributed by atoms with Gasteiger partial charge in [-0.1, -0.05) is 71.0 Å². The van der Waals surface area contributed by atoms with Gasteiger partial charge in [0.15, 0.2) is 5.82 Å². The Morgan fingerprint density at radius 3 is 2.65 bits per heavy atom. The van der Waals surface area contributed by atoms with Crippen molar-refractivity contribution in [2.75, 3.05) is 5.84 Å². The predicted molar refractivity (Wildman–Crippen MR) is 99.9 cm³/mol. The number of nitrogens with zero attached hydrogens (tertiary/aromatic N) is 5. The van der Waals surface area contributed by atoms with E-state index in [9.17, 15) is 0 Å². The van der Waals surface area contributed by atoms with Crippen molar-refractivity contribution in [3.05, 3.63) is 65.5 Å². The Labute approximate surface area is 158 Å². The highest BCUT2D eigenvalue weighted by Gasteiger charge is 2.15. The van der Waals surface area contributed by atoms with Crippen molar-refractivity contribution in [3.8, 4) is 22.8 Å². The highest BCUT2D eigenvalue weighted by atomic mass is 35.5. The fourth-order valence-corrected chi connectivity index (χ4v) is 3.23. The molecule has 130 valence electrons. The summed E-state index contributed by atoms with van der Waals surface area (Å²) in [6, 6.07) is 16.9. The minimum Gasteiger partial charge on any atom is -0.338 e. The normalized spacial score (nSPS) is 11.0. The van der Waals surface area contributed by atoms with Crippen LogP contribution in [0, 0.1) is 0 Å². The molecule has 4 rings (SSSR count). The molecule has 2 heterocycles. The van der Waals surface area contributed by atoms with Crippen molar-refractivity contribution in [2.24, 2.45) is 0 Å². The second-order valence-corrected chi connectivity index (χ2v) is 6.73. The molecule has 2 aromatic heterocycles. The van der Waals surface area contributed by atoms with Crippen LogP contribution in [0.15, 0.2) is 64.3 Å². The van der Waals surface area contributed by atoms with Crippen molar-refractivity contribution in [3.63, 3.8) is 0 Å². The molecule has 0 amide bonds. The lowest BCUT2D eigenvalue weighted by atomic mass is 10.2. The summed E-state index contributed by atoms with van der Waals surface area (Å²) in [5.74, 6) is 8.11. The molecule has 0 fully saturated rings. The molecule has 0 spiro atoms. The second-order valence-electron chi connectivity index (χ2n) is 5.35. The van der Waals surface area contributed by atoms with Crippen LogP contribution in [0.2, 0.25) is 5.02 Å². The third-order valence-corrected chi connectivity index (χ3v) is 4.74. The van der Waals surface area contributed by atoms with Gasteiger partial charge in [0, 0.05) is 16.1 Å². The van der Waals surface area contributed by atoms with Crippen molar-refractivity contribution < 1.29 is 4.52 Å². The van der Waals surface area contributed by atoms with Crippen LogP contribution in [0.1, 0.15) is 5.89 Å². The first-order chi connectivity index (χ1) is 12.7. The van der Waals surface area contributed by atoms with Crippen LogP contribution in [0.3, 0.4) is 0 Å². The molecule has 0 saturated carbocycles. The Morgan fingerprint density at radius 2 is 1.85 bits per heavy atom. The SMILES string of the molecule is Nn1c(SCc2nc(-c3ccccc3)no2)nnc1-c1cccc(Cl)c1. The van der Waals surface area contributed by atoms with Gasteiger partial charge in [-0.3, -0.25) is 0 Å². The lowest BCUT2D eigenvalue weighted by Crippen LogP contribution is -2.11. The van der Waals surface area contributed by atoms with Gasteiger partial charge in [-0.2, -0.15) is 4.98 Å². The molecule has 26 heavy (non-hydrogen) atoms. The topological polar surface area (TPSA) is 95.7 Å². The molecule has 0 aliphatic heterocycles. The van der Waals surface area contributed by atoms with Gasteiger partial charge in [0.2, 0.25) is 16.9 Å². The second kappa shape index (κ2) is 7.19. The quantitative estimate of drug-likeness (QED) is 0.414. The summed E-state index contributed by atoms with van der Waals surface area (Å²) in [6.07, 6.45) is 0. The summed E-state index contributed by atoms with van der Waals surface area (Å²) in [5.41, 5.74) is 1.70. The molecule has 0 bridgehead atoms. The van der Waals surface area contributed by atoms with E-state index < -0.39 is 0 Å². The number of rotatable bonds is 5. The number of aromatic nitrogens is 5. The predicted octanol–water partition coefficient (Wildman–Crippen LogP) is 3.65. The van der Waals surface area contributed by atoms with E-state index in [-0.39, 0.29) is 0 Å². The fourth-order valence-electron chi connectivity index (χ4n) is 2.34. The van der Waals surface area contributed by atoms with E-state index in [1.54, 1.807) is 12.1 Å². The zero-order valence-corrected chi connectivity index (χ0v) is 15.0. The summed E-state index contributed by atoms with van der Waals surface area (Å²) >= 11 is 7.38. The largest absolute Gasteiger partial charge is 0.338 e. The minimum absolute atomic E-state index is 0.435. The summed E-state index contributed by atoms with van der Waals surface area (Å²) in [7, 11) is 0. The summed E-state index contributed by atoms with van der Waals surface area (Å²) in [6.45, 7) is 0. The average molecular weight is 385 g/mol. The monoisotopic (exact) mass is 384 g/mol. The molecular formula is C17H13ClN6OS. The van der Waals surface area contributed by atoms with Gasteiger partial charge in [0.05, 0.1) is 5.75 Å². The molecule has 0 unspecified atom stereocenters. The van der Waals surface area contributed by atoms with Gasteiger partial charge < -0.3 is 10.4 Å². The van der Waals surface area contributed by atoms with Crippen molar-refractivity contribution >= 4 is 23.4 Å². The van der Waals surface area contributed by atoms with Crippen molar-refractivity contribution in [1.29, 1.82) is 0 Å². The molecule has 0 aliphatic rings. The maximum absolute atomic E-state index is 6.11. The van der Waals surface area contributed by atoms with Gasteiger partial charge in [-0.25, -0.2) is 4.68 Å². The molecule has 0 radical (unpaired) electrons. The standard InChI is InChI=1S/C17H13ClN6OS/c18-13-8-4-7-12(9-13)16-21-22-17(24(16)19)26-10-14-20-15(23-25-14)11-5-2-1-3-6-11/h1-9H,10,19H2. The van der Waals surface area contributed by atoms with Crippen LogP contribution < -0.4 is 5.84 Å². The third-order valence-electron chi connectivity index (χ3n) is 3.57. The first-order valence-electron chi connectivity index (χ1n) is 7.68. The zero-order chi connectivity index (χ0) is 17.9. The summed E-state index contributed by atoms with van der Waals surface area (Å²) in [5, 5.41) is 13.4. The van der Waals surface area contributed by atoms with Crippen LogP contribution >= 0.6 is 23.4 Å². The first kappa shape index (κ1) is 16.6. The van der Waals surface area contributed by atoms with E-state index in [1.807, 2.05) is 42.5 Å². The van der Waals surface area contributed by atoms with Gasteiger partial charge in [0.25, 0.3) is 0 Å². The maximum atomic E-state index is 6.11. The number of thioether (sulfide) groups is 1. The van der Waals surface area contributed by atoms with E-state index >= 15 is 0 Å². The Kier molecular flexibility index (Phi) is 4.59. The number of benzene rings is 2. The molecule has 9 heteroatoms. The van der Waals surface area contributed by atoms with E-state index in [2.05, 4.69) is 20.3 Å². The fraction of sp³-hybridized carbons (Fsp3) is 0.0588. The number of hydrogen-bond donors (Lipinski definition) is 1.